The molecule has 1 aliphatic rings. The van der Waals surface area contributed by atoms with Crippen LogP contribution in [0.1, 0.15) is 34.0 Å². The third-order valence-corrected chi connectivity index (χ3v) is 4.86. The van der Waals surface area contributed by atoms with E-state index in [1.807, 2.05) is 30.3 Å². The molecule has 7 heteroatoms. The van der Waals surface area contributed by atoms with Crippen LogP contribution in [0.2, 0.25) is 0 Å². The summed E-state index contributed by atoms with van der Waals surface area (Å²) in [5.74, 6) is -1.30. The average Bonchev–Trinajstić information content (AvgIpc) is 3.04. The minimum atomic E-state index is -0.698. The molecule has 1 aromatic heterocycles. The summed E-state index contributed by atoms with van der Waals surface area (Å²) in [4.78, 5) is 25.5. The Morgan fingerprint density at radius 3 is 2.71 bits per heavy atom. The van der Waals surface area contributed by atoms with Crippen molar-refractivity contribution in [2.24, 2.45) is 0 Å². The Morgan fingerprint density at radius 2 is 2.00 bits per heavy atom. The van der Waals surface area contributed by atoms with Crippen LogP contribution in [0.4, 0.5) is 10.2 Å². The molecule has 4 rings (SSSR count). The number of fused-ring (bicyclic) bond motifs is 1. The highest BCUT2D eigenvalue weighted by atomic mass is 19.1. The van der Waals surface area contributed by atoms with E-state index in [9.17, 15) is 14.0 Å². The lowest BCUT2D eigenvalue weighted by molar-refractivity contribution is -0.116. The van der Waals surface area contributed by atoms with Crippen molar-refractivity contribution in [2.75, 3.05) is 12.4 Å². The molecule has 0 saturated heterocycles. The van der Waals surface area contributed by atoms with Crippen LogP contribution in [0.15, 0.2) is 48.5 Å². The highest BCUT2D eigenvalue weighted by Crippen LogP contribution is 2.38. The Bertz CT molecular complexity index is 1080. The minimum absolute atomic E-state index is 0.00679. The number of aromatic nitrogens is 2. The normalized spacial score (nSPS) is 15.7. The molecule has 0 spiro atoms. The van der Waals surface area contributed by atoms with Crippen LogP contribution in [0.25, 0.3) is 5.69 Å². The SMILES string of the molecule is COc1cc(C(=O)[C@H]2CC(=O)Nc3c2c(C)nn3-c2ccccc2)ccc1F. The van der Waals surface area contributed by atoms with Gasteiger partial charge in [0, 0.05) is 17.5 Å². The summed E-state index contributed by atoms with van der Waals surface area (Å²) in [6.45, 7) is 1.81. The van der Waals surface area contributed by atoms with Crippen LogP contribution < -0.4 is 10.1 Å². The van der Waals surface area contributed by atoms with Gasteiger partial charge in [0.15, 0.2) is 17.3 Å². The van der Waals surface area contributed by atoms with Crippen LogP contribution >= 0.6 is 0 Å². The molecule has 28 heavy (non-hydrogen) atoms. The van der Waals surface area contributed by atoms with Gasteiger partial charge in [-0.05, 0) is 37.3 Å². The molecule has 1 amide bonds. The number of halogens is 1. The molecule has 0 fully saturated rings. The first kappa shape index (κ1) is 17.9. The third-order valence-electron chi connectivity index (χ3n) is 4.86. The lowest BCUT2D eigenvalue weighted by Crippen LogP contribution is -2.28. The Kier molecular flexibility index (Phi) is 4.43. The summed E-state index contributed by atoms with van der Waals surface area (Å²) in [5.41, 5.74) is 2.41. The number of nitrogens with zero attached hydrogens (tertiary/aromatic N) is 2. The fraction of sp³-hybridized carbons (Fsp3) is 0.190. The zero-order chi connectivity index (χ0) is 19.8. The number of amides is 1. The lowest BCUT2D eigenvalue weighted by atomic mass is 9.85. The number of hydrogen-bond donors (Lipinski definition) is 1. The molecule has 0 unspecified atom stereocenters. The first-order chi connectivity index (χ1) is 13.5. The van der Waals surface area contributed by atoms with E-state index in [2.05, 4.69) is 10.4 Å². The van der Waals surface area contributed by atoms with Crippen LogP contribution in [-0.2, 0) is 4.79 Å². The Balaban J connectivity index is 1.80. The summed E-state index contributed by atoms with van der Waals surface area (Å²) in [7, 11) is 1.34. The van der Waals surface area contributed by atoms with E-state index < -0.39 is 11.7 Å². The van der Waals surface area contributed by atoms with E-state index in [0.29, 0.717) is 17.1 Å². The van der Waals surface area contributed by atoms with Crippen molar-refractivity contribution in [1.29, 1.82) is 0 Å². The summed E-state index contributed by atoms with van der Waals surface area (Å²) in [6, 6.07) is 13.3. The second-order valence-corrected chi connectivity index (χ2v) is 6.61. The van der Waals surface area contributed by atoms with Gasteiger partial charge in [-0.3, -0.25) is 9.59 Å². The molecular formula is C21H18FN3O3. The largest absolute Gasteiger partial charge is 0.494 e. The average molecular weight is 379 g/mol. The van der Waals surface area contributed by atoms with E-state index >= 15 is 0 Å². The van der Waals surface area contributed by atoms with Crippen LogP contribution in [0.5, 0.6) is 5.75 Å². The van der Waals surface area contributed by atoms with Gasteiger partial charge in [0.25, 0.3) is 0 Å². The summed E-state index contributed by atoms with van der Waals surface area (Å²) in [6.07, 6.45) is 0.00679. The monoisotopic (exact) mass is 379 g/mol. The van der Waals surface area contributed by atoms with Gasteiger partial charge in [-0.25, -0.2) is 9.07 Å². The van der Waals surface area contributed by atoms with Crippen molar-refractivity contribution in [2.45, 2.75) is 19.3 Å². The van der Waals surface area contributed by atoms with Crippen molar-refractivity contribution in [3.8, 4) is 11.4 Å². The zero-order valence-corrected chi connectivity index (χ0v) is 15.4. The third kappa shape index (κ3) is 2.94. The van der Waals surface area contributed by atoms with Gasteiger partial charge >= 0.3 is 0 Å². The number of ether oxygens (including phenoxy) is 1. The van der Waals surface area contributed by atoms with Gasteiger partial charge in [0.2, 0.25) is 5.91 Å². The number of anilines is 1. The number of Topliss-reactive ketones (excluding diaryl/α,β-unsaturated/α-hetero) is 1. The maximum atomic E-state index is 13.7. The molecule has 0 radical (unpaired) electrons. The van der Waals surface area contributed by atoms with Gasteiger partial charge in [0.1, 0.15) is 5.82 Å². The first-order valence-corrected chi connectivity index (χ1v) is 8.82. The molecule has 1 atom stereocenters. The highest BCUT2D eigenvalue weighted by molar-refractivity contribution is 6.08. The number of benzene rings is 2. The van der Waals surface area contributed by atoms with Gasteiger partial charge < -0.3 is 10.1 Å². The van der Waals surface area contributed by atoms with E-state index in [4.69, 9.17) is 4.74 Å². The fourth-order valence-electron chi connectivity index (χ4n) is 3.54. The Labute approximate surface area is 160 Å². The van der Waals surface area contributed by atoms with Crippen molar-refractivity contribution >= 4 is 17.5 Å². The summed E-state index contributed by atoms with van der Waals surface area (Å²) >= 11 is 0. The maximum absolute atomic E-state index is 13.7. The van der Waals surface area contributed by atoms with Gasteiger partial charge in [-0.1, -0.05) is 18.2 Å². The maximum Gasteiger partial charge on any atom is 0.226 e. The standard InChI is InChI=1S/C21H18FN3O3/c1-12-19-15(20(27)13-8-9-16(22)17(10-13)28-2)11-18(26)23-21(19)25(24-12)14-6-4-3-5-7-14/h3-10,15H,11H2,1-2H3,(H,23,26)/t15-/m0/s1. The number of aryl methyl sites for hydroxylation is 1. The molecule has 142 valence electrons. The van der Waals surface area contributed by atoms with E-state index in [1.54, 1.807) is 11.6 Å². The van der Waals surface area contributed by atoms with Gasteiger partial charge in [-0.2, -0.15) is 5.10 Å². The number of carbonyl (C=O) groups excluding carboxylic acids is 2. The minimum Gasteiger partial charge on any atom is -0.494 e. The predicted octanol–water partition coefficient (Wildman–Crippen LogP) is 3.64. The molecule has 2 heterocycles. The smallest absolute Gasteiger partial charge is 0.226 e. The lowest BCUT2D eigenvalue weighted by Gasteiger charge is -2.23. The predicted molar refractivity (Wildman–Crippen MR) is 102 cm³/mol. The fourth-order valence-corrected chi connectivity index (χ4v) is 3.54. The number of carbonyl (C=O) groups is 2. The number of nitrogens with one attached hydrogen (secondary N) is 1. The second-order valence-electron chi connectivity index (χ2n) is 6.61. The molecular weight excluding hydrogens is 361 g/mol. The molecule has 0 saturated carbocycles. The van der Waals surface area contributed by atoms with Crippen LogP contribution in [0.3, 0.4) is 0 Å². The molecule has 2 aromatic carbocycles. The number of methoxy groups -OCH3 is 1. The number of rotatable bonds is 4. The van der Waals surface area contributed by atoms with E-state index in [-0.39, 0.29) is 29.4 Å². The molecule has 1 aliphatic heterocycles. The number of hydrogen-bond acceptors (Lipinski definition) is 4. The molecule has 6 nitrogen and oxygen atoms in total. The van der Waals surface area contributed by atoms with Crippen LogP contribution in [0, 0.1) is 12.7 Å². The van der Waals surface area contributed by atoms with Crippen molar-refractivity contribution in [3.63, 3.8) is 0 Å². The highest BCUT2D eigenvalue weighted by Gasteiger charge is 2.36. The molecule has 0 aliphatic carbocycles. The Hall–Kier alpha value is -3.48. The van der Waals surface area contributed by atoms with Gasteiger partial charge in [-0.15, -0.1) is 0 Å². The number of para-hydroxylation sites is 1. The van der Waals surface area contributed by atoms with Crippen molar-refractivity contribution < 1.29 is 18.7 Å². The van der Waals surface area contributed by atoms with Crippen molar-refractivity contribution in [3.05, 3.63) is 71.2 Å². The van der Waals surface area contributed by atoms with E-state index in [1.165, 1.54) is 25.3 Å². The topological polar surface area (TPSA) is 73.2 Å². The summed E-state index contributed by atoms with van der Waals surface area (Å²) < 4.78 is 20.3. The van der Waals surface area contributed by atoms with Crippen LogP contribution in [-0.4, -0.2) is 28.6 Å². The number of ketones is 1. The molecule has 1 N–H and O–H groups in total. The first-order valence-electron chi connectivity index (χ1n) is 8.82. The zero-order valence-electron chi connectivity index (χ0n) is 15.4. The van der Waals surface area contributed by atoms with E-state index in [0.717, 1.165) is 5.69 Å². The molecule has 3 aromatic rings. The quantitative estimate of drug-likeness (QED) is 0.703. The van der Waals surface area contributed by atoms with Gasteiger partial charge in [0.05, 0.1) is 24.4 Å². The molecule has 0 bridgehead atoms. The Morgan fingerprint density at radius 1 is 1.25 bits per heavy atom. The second kappa shape index (κ2) is 6.92. The summed E-state index contributed by atoms with van der Waals surface area (Å²) in [5, 5.41) is 7.38. The van der Waals surface area contributed by atoms with Crippen molar-refractivity contribution in [1.82, 2.24) is 9.78 Å².